The molecule has 16 saturated carbocycles. The zero-order valence-electron chi connectivity index (χ0n) is 30.3. The molecule has 0 saturated heterocycles. The lowest BCUT2D eigenvalue weighted by atomic mass is 9.39. The Morgan fingerprint density at radius 1 is 0.312 bits per heavy atom. The minimum absolute atomic E-state index is 0.277. The van der Waals surface area contributed by atoms with Gasteiger partial charge in [-0.15, -0.1) is 0 Å². The largest absolute Gasteiger partial charge is 0.507 e. The van der Waals surface area contributed by atoms with Crippen LogP contribution in [-0.4, -0.2) is 5.11 Å². The molecule has 1 N–H and O–H groups in total. The van der Waals surface area contributed by atoms with Crippen molar-refractivity contribution >= 4 is 0 Å². The second-order valence-electron chi connectivity index (χ2n) is 23.3. The molecule has 1 nitrogen and oxygen atoms in total. The molecule has 16 aliphatic carbocycles. The van der Waals surface area contributed by atoms with Gasteiger partial charge in [0.15, 0.2) is 0 Å². The summed E-state index contributed by atoms with van der Waals surface area (Å²) in [6.45, 7) is 2.53. The number of aromatic hydroxyl groups is 1. The number of hydrogen-bond donors (Lipinski definition) is 1. The van der Waals surface area contributed by atoms with E-state index in [4.69, 9.17) is 0 Å². The van der Waals surface area contributed by atoms with Crippen molar-refractivity contribution < 1.29 is 5.11 Å². The molecule has 258 valence electrons. The maximum atomic E-state index is 13.4. The van der Waals surface area contributed by atoms with E-state index in [1.54, 1.807) is 24.8 Å². The number of phenols is 1. The number of benzene rings is 1. The van der Waals surface area contributed by atoms with Crippen LogP contribution >= 0.6 is 0 Å². The molecular formula is C47H64O. The highest BCUT2D eigenvalue weighted by Gasteiger charge is 2.63. The van der Waals surface area contributed by atoms with Crippen molar-refractivity contribution in [1.82, 2.24) is 0 Å². The van der Waals surface area contributed by atoms with Gasteiger partial charge in [0.1, 0.15) is 5.75 Å². The fourth-order valence-electron chi connectivity index (χ4n) is 20.8. The molecule has 0 heterocycles. The maximum absolute atomic E-state index is 13.4. The summed E-state index contributed by atoms with van der Waals surface area (Å²) in [5.41, 5.74) is 10.5. The highest BCUT2D eigenvalue weighted by Crippen LogP contribution is 2.73. The molecule has 1 heteroatoms. The zero-order valence-corrected chi connectivity index (χ0v) is 30.3. The Kier molecular flexibility index (Phi) is 5.44. The van der Waals surface area contributed by atoms with Crippen LogP contribution in [0.2, 0.25) is 0 Å². The smallest absolute Gasteiger partial charge is 0.122 e. The van der Waals surface area contributed by atoms with Gasteiger partial charge in [-0.3, -0.25) is 0 Å². The normalized spacial score (nSPS) is 57.4. The Morgan fingerprint density at radius 3 is 0.750 bits per heavy atom. The predicted octanol–water partition coefficient (Wildman–Crippen LogP) is 11.6. The standard InChI is InChI=1S/C47H64O/c1-26-39(44-14-27-2-28(15-44)4-29(3-27)16-44)40(45-17-30-5-31(18-45)7-32(6-30)19-45)41(46-20-33-8-34(21-46)10-35(9-33)22-46)42(43(26)48)47-23-36-11-37(24-47)13-38(12-36)25-47/h27-38,48H,2-25H2,1H3. The summed E-state index contributed by atoms with van der Waals surface area (Å²) in [7, 11) is 0. The van der Waals surface area contributed by atoms with Gasteiger partial charge in [0, 0.05) is 11.0 Å². The van der Waals surface area contributed by atoms with Crippen LogP contribution in [-0.2, 0) is 21.7 Å². The first-order valence-electron chi connectivity index (χ1n) is 22.2. The zero-order chi connectivity index (χ0) is 31.4. The van der Waals surface area contributed by atoms with E-state index in [0.29, 0.717) is 16.2 Å². The molecule has 0 amide bonds. The Hall–Kier alpha value is -0.980. The van der Waals surface area contributed by atoms with Gasteiger partial charge in [0.25, 0.3) is 0 Å². The molecule has 1 aromatic rings. The second kappa shape index (κ2) is 9.14. The lowest BCUT2D eigenvalue weighted by Crippen LogP contribution is -2.57. The summed E-state index contributed by atoms with van der Waals surface area (Å²) in [6, 6.07) is 0. The summed E-state index contributed by atoms with van der Waals surface area (Å²) >= 11 is 0. The van der Waals surface area contributed by atoms with E-state index in [1.807, 2.05) is 11.1 Å². The summed E-state index contributed by atoms with van der Waals surface area (Å²) in [5.74, 6) is 12.5. The van der Waals surface area contributed by atoms with Crippen LogP contribution in [0.25, 0.3) is 0 Å². The Balaban J connectivity index is 1.14. The van der Waals surface area contributed by atoms with Crippen molar-refractivity contribution in [3.63, 3.8) is 0 Å². The predicted molar refractivity (Wildman–Crippen MR) is 192 cm³/mol. The molecular weight excluding hydrogens is 581 g/mol. The SMILES string of the molecule is Cc1c(O)c(C23CC4CC(CC(C4)C2)C3)c(C23CC4CC(CC(C4)C2)C3)c(C23CC4CC(CC(C4)C2)C3)c1C12CC3CC(CC(C3)C1)C2. The average Bonchev–Trinajstić information content (AvgIpc) is 2.99. The first kappa shape index (κ1) is 28.6. The van der Waals surface area contributed by atoms with Crippen molar-refractivity contribution in [3.05, 3.63) is 27.8 Å². The van der Waals surface area contributed by atoms with Gasteiger partial charge < -0.3 is 5.11 Å². The van der Waals surface area contributed by atoms with Crippen molar-refractivity contribution in [3.8, 4) is 5.75 Å². The van der Waals surface area contributed by atoms with Crippen molar-refractivity contribution in [2.75, 3.05) is 0 Å². The van der Waals surface area contributed by atoms with E-state index in [0.717, 1.165) is 76.8 Å². The lowest BCUT2D eigenvalue weighted by Gasteiger charge is -2.65. The Labute approximate surface area is 291 Å². The minimum atomic E-state index is 0.277. The van der Waals surface area contributed by atoms with E-state index in [2.05, 4.69) is 12.5 Å². The third-order valence-electron chi connectivity index (χ3n) is 20.0. The number of phenolic OH excluding ortho intramolecular Hbond substituents is 1. The summed E-state index contributed by atoms with van der Waals surface area (Å²) in [6.07, 6.45) is 36.1. The van der Waals surface area contributed by atoms with Crippen LogP contribution in [0.15, 0.2) is 0 Å². The van der Waals surface area contributed by atoms with Gasteiger partial charge >= 0.3 is 0 Å². The molecule has 16 fully saturated rings. The minimum Gasteiger partial charge on any atom is -0.507 e. The van der Waals surface area contributed by atoms with E-state index in [1.165, 1.54) is 140 Å². The molecule has 0 radical (unpaired) electrons. The molecule has 0 unspecified atom stereocenters. The van der Waals surface area contributed by atoms with Gasteiger partial charge in [0.2, 0.25) is 0 Å². The molecule has 17 rings (SSSR count). The van der Waals surface area contributed by atoms with Gasteiger partial charge in [-0.1, -0.05) is 0 Å². The quantitative estimate of drug-likeness (QED) is 0.346. The van der Waals surface area contributed by atoms with E-state index in [9.17, 15) is 5.11 Å². The van der Waals surface area contributed by atoms with Gasteiger partial charge in [-0.25, -0.2) is 0 Å². The molecule has 1 aromatic carbocycles. The third kappa shape index (κ3) is 3.63. The van der Waals surface area contributed by atoms with Crippen LogP contribution in [0, 0.1) is 77.9 Å². The average molecular weight is 645 g/mol. The summed E-state index contributed by atoms with van der Waals surface area (Å²) in [4.78, 5) is 0. The van der Waals surface area contributed by atoms with Gasteiger partial charge in [-0.2, -0.15) is 0 Å². The van der Waals surface area contributed by atoms with Crippen LogP contribution < -0.4 is 0 Å². The third-order valence-corrected chi connectivity index (χ3v) is 20.0. The molecule has 48 heavy (non-hydrogen) atoms. The summed E-state index contributed by atoms with van der Waals surface area (Å²) < 4.78 is 0. The van der Waals surface area contributed by atoms with Crippen LogP contribution in [0.3, 0.4) is 0 Å². The van der Waals surface area contributed by atoms with Crippen LogP contribution in [0.4, 0.5) is 0 Å². The molecule has 16 aliphatic rings. The fourth-order valence-corrected chi connectivity index (χ4v) is 20.8. The van der Waals surface area contributed by atoms with Gasteiger partial charge in [0.05, 0.1) is 0 Å². The monoisotopic (exact) mass is 644 g/mol. The topological polar surface area (TPSA) is 20.2 Å². The molecule has 0 aliphatic heterocycles. The molecule has 16 bridgehead atoms. The molecule has 0 atom stereocenters. The number of rotatable bonds is 4. The number of hydrogen-bond acceptors (Lipinski definition) is 1. The van der Waals surface area contributed by atoms with Crippen molar-refractivity contribution in [2.24, 2.45) is 71.0 Å². The van der Waals surface area contributed by atoms with E-state index in [-0.39, 0.29) is 5.41 Å². The molecule has 0 aromatic heterocycles. The lowest BCUT2D eigenvalue weighted by molar-refractivity contribution is -0.0295. The van der Waals surface area contributed by atoms with E-state index < -0.39 is 0 Å². The first-order valence-corrected chi connectivity index (χ1v) is 22.2. The van der Waals surface area contributed by atoms with Crippen molar-refractivity contribution in [1.29, 1.82) is 0 Å². The Morgan fingerprint density at radius 2 is 0.500 bits per heavy atom. The summed E-state index contributed by atoms with van der Waals surface area (Å²) in [5, 5.41) is 13.4. The second-order valence-corrected chi connectivity index (χ2v) is 23.3. The first-order chi connectivity index (χ1) is 23.2. The highest BCUT2D eigenvalue weighted by molar-refractivity contribution is 5.66. The van der Waals surface area contributed by atoms with Crippen LogP contribution in [0.5, 0.6) is 5.75 Å². The van der Waals surface area contributed by atoms with Crippen molar-refractivity contribution in [2.45, 2.75) is 183 Å². The highest BCUT2D eigenvalue weighted by atomic mass is 16.3. The fraction of sp³-hybridized carbons (Fsp3) is 0.872. The Bertz CT molecular complexity index is 1330. The van der Waals surface area contributed by atoms with Crippen LogP contribution in [0.1, 0.15) is 182 Å². The van der Waals surface area contributed by atoms with E-state index >= 15 is 0 Å². The molecule has 0 spiro atoms. The van der Waals surface area contributed by atoms with Gasteiger partial charge in [-0.05, 0) is 271 Å². The maximum Gasteiger partial charge on any atom is 0.122 e.